The van der Waals surface area contributed by atoms with Crippen LogP contribution in [0.4, 0.5) is 0 Å². The number of benzene rings is 1. The van der Waals surface area contributed by atoms with Gasteiger partial charge in [0, 0.05) is 13.0 Å². The summed E-state index contributed by atoms with van der Waals surface area (Å²) >= 11 is 5.05. The molecule has 84 valence electrons. The van der Waals surface area contributed by atoms with Crippen molar-refractivity contribution < 1.29 is 10.2 Å². The van der Waals surface area contributed by atoms with Crippen molar-refractivity contribution in [2.45, 2.75) is 12.8 Å². The molecule has 1 fully saturated rings. The number of aromatic hydroxyl groups is 2. The monoisotopic (exact) mass is 235 g/mol. The summed E-state index contributed by atoms with van der Waals surface area (Å²) in [6, 6.07) is 4.81. The first-order valence-corrected chi connectivity index (χ1v) is 5.54. The summed E-state index contributed by atoms with van der Waals surface area (Å²) in [5.74, 6) is -0.182. The molecule has 0 amide bonds. The normalized spacial score (nSPS) is 18.5. The van der Waals surface area contributed by atoms with Gasteiger partial charge in [-0.3, -0.25) is 0 Å². The molecule has 0 radical (unpaired) electrons. The predicted molar refractivity (Wildman–Crippen MR) is 67.6 cm³/mol. The quantitative estimate of drug-likeness (QED) is 0.516. The molecular formula is C12H13NO2S. The minimum atomic E-state index is -0.0925. The second-order valence-corrected chi connectivity index (χ2v) is 4.32. The summed E-state index contributed by atoms with van der Waals surface area (Å²) in [5, 5.41) is 21.7. The van der Waals surface area contributed by atoms with Gasteiger partial charge in [0.1, 0.15) is 0 Å². The second-order valence-electron chi connectivity index (χ2n) is 3.83. The van der Waals surface area contributed by atoms with E-state index in [1.807, 2.05) is 6.08 Å². The van der Waals surface area contributed by atoms with Crippen molar-refractivity contribution in [1.29, 1.82) is 0 Å². The number of piperidine rings is 1. The van der Waals surface area contributed by atoms with E-state index >= 15 is 0 Å². The number of nitrogens with one attached hydrogen (secondary N) is 1. The molecule has 1 aliphatic heterocycles. The maximum absolute atomic E-state index is 9.36. The standard InChI is InChI=1S/C12H13NO2S/c14-10-3-1-8(6-11(10)15)5-9-2-4-12(16)13-7-9/h1,3,5-6,14-15H,2,4,7H2,(H,13,16). The smallest absolute Gasteiger partial charge is 0.157 e. The van der Waals surface area contributed by atoms with Gasteiger partial charge in [0.15, 0.2) is 11.5 Å². The zero-order valence-electron chi connectivity index (χ0n) is 8.73. The maximum atomic E-state index is 9.36. The van der Waals surface area contributed by atoms with Crippen molar-refractivity contribution in [3.05, 3.63) is 29.3 Å². The molecule has 0 atom stereocenters. The van der Waals surface area contributed by atoms with Crippen LogP contribution in [0, 0.1) is 0 Å². The van der Waals surface area contributed by atoms with E-state index in [2.05, 4.69) is 5.32 Å². The fraction of sp³-hybridized carbons (Fsp3) is 0.250. The molecule has 1 aromatic rings. The third-order valence-corrected chi connectivity index (χ3v) is 2.90. The summed E-state index contributed by atoms with van der Waals surface area (Å²) in [5.41, 5.74) is 2.14. The van der Waals surface area contributed by atoms with Gasteiger partial charge >= 0.3 is 0 Å². The lowest BCUT2D eigenvalue weighted by molar-refractivity contribution is 0.403. The van der Waals surface area contributed by atoms with Crippen LogP contribution in [0.1, 0.15) is 18.4 Å². The molecule has 4 heteroatoms. The van der Waals surface area contributed by atoms with Gasteiger partial charge in [-0.05, 0) is 24.1 Å². The van der Waals surface area contributed by atoms with E-state index in [1.54, 1.807) is 12.1 Å². The Hall–Kier alpha value is -1.55. The van der Waals surface area contributed by atoms with E-state index in [0.717, 1.165) is 29.9 Å². The Morgan fingerprint density at radius 3 is 2.62 bits per heavy atom. The van der Waals surface area contributed by atoms with Crippen molar-refractivity contribution in [3.63, 3.8) is 0 Å². The SMILES string of the molecule is Oc1ccc(C=C2CCC(=S)NC2)cc1O. The molecule has 3 N–H and O–H groups in total. The van der Waals surface area contributed by atoms with Crippen LogP contribution in [0.3, 0.4) is 0 Å². The molecule has 1 aliphatic rings. The van der Waals surface area contributed by atoms with Gasteiger partial charge in [-0.25, -0.2) is 0 Å². The highest BCUT2D eigenvalue weighted by atomic mass is 32.1. The van der Waals surface area contributed by atoms with Crippen LogP contribution in [0.5, 0.6) is 11.5 Å². The van der Waals surface area contributed by atoms with Crippen LogP contribution < -0.4 is 5.32 Å². The van der Waals surface area contributed by atoms with Gasteiger partial charge in [0.2, 0.25) is 0 Å². The van der Waals surface area contributed by atoms with Crippen molar-refractivity contribution in [1.82, 2.24) is 5.32 Å². The Bertz CT molecular complexity index is 442. The molecule has 1 saturated heterocycles. The molecule has 0 aliphatic carbocycles. The molecule has 0 aromatic heterocycles. The van der Waals surface area contributed by atoms with Crippen LogP contribution in [-0.4, -0.2) is 21.7 Å². The van der Waals surface area contributed by atoms with Crippen LogP contribution >= 0.6 is 12.2 Å². The predicted octanol–water partition coefficient (Wildman–Crippen LogP) is 2.19. The number of hydrogen-bond donors (Lipinski definition) is 3. The topological polar surface area (TPSA) is 52.5 Å². The minimum Gasteiger partial charge on any atom is -0.504 e. The van der Waals surface area contributed by atoms with Crippen LogP contribution in [0.15, 0.2) is 23.8 Å². The lowest BCUT2D eigenvalue weighted by atomic mass is 10.0. The van der Waals surface area contributed by atoms with Gasteiger partial charge in [0.05, 0.1) is 4.99 Å². The first-order valence-electron chi connectivity index (χ1n) is 5.13. The third kappa shape index (κ3) is 2.52. The number of phenols is 2. The molecule has 3 nitrogen and oxygen atoms in total. The molecule has 0 spiro atoms. The van der Waals surface area contributed by atoms with Crippen molar-refractivity contribution in [2.75, 3.05) is 6.54 Å². The van der Waals surface area contributed by atoms with Gasteiger partial charge in [0.25, 0.3) is 0 Å². The van der Waals surface area contributed by atoms with E-state index in [1.165, 1.54) is 11.6 Å². The Labute approximate surface area is 99.4 Å². The highest BCUT2D eigenvalue weighted by Crippen LogP contribution is 2.26. The van der Waals surface area contributed by atoms with Crippen molar-refractivity contribution >= 4 is 23.3 Å². The van der Waals surface area contributed by atoms with E-state index in [4.69, 9.17) is 12.2 Å². The number of rotatable bonds is 1. The largest absolute Gasteiger partial charge is 0.504 e. The third-order valence-electron chi connectivity index (χ3n) is 2.56. The molecule has 0 bridgehead atoms. The van der Waals surface area contributed by atoms with E-state index in [-0.39, 0.29) is 11.5 Å². The number of thiocarbonyl (C=S) groups is 1. The zero-order valence-corrected chi connectivity index (χ0v) is 9.55. The molecule has 0 saturated carbocycles. The average Bonchev–Trinajstić information content (AvgIpc) is 2.27. The zero-order chi connectivity index (χ0) is 11.5. The summed E-state index contributed by atoms with van der Waals surface area (Å²) in [6.45, 7) is 0.764. The Morgan fingerprint density at radius 1 is 1.19 bits per heavy atom. The molecule has 1 aromatic carbocycles. The number of phenolic OH excluding ortho intramolecular Hbond substituents is 2. The first-order chi connectivity index (χ1) is 7.65. The van der Waals surface area contributed by atoms with Gasteiger partial charge < -0.3 is 15.5 Å². The summed E-state index contributed by atoms with van der Waals surface area (Å²) < 4.78 is 0. The second kappa shape index (κ2) is 4.53. The maximum Gasteiger partial charge on any atom is 0.157 e. The lowest BCUT2D eigenvalue weighted by Crippen LogP contribution is -2.28. The first kappa shape index (κ1) is 11.0. The molecule has 16 heavy (non-hydrogen) atoms. The summed E-state index contributed by atoms with van der Waals surface area (Å²) in [4.78, 5) is 0.908. The van der Waals surface area contributed by atoms with Crippen molar-refractivity contribution in [3.8, 4) is 11.5 Å². The molecular weight excluding hydrogens is 222 g/mol. The van der Waals surface area contributed by atoms with Gasteiger partial charge in [-0.15, -0.1) is 0 Å². The van der Waals surface area contributed by atoms with Crippen LogP contribution in [0.25, 0.3) is 6.08 Å². The van der Waals surface area contributed by atoms with Crippen LogP contribution in [0.2, 0.25) is 0 Å². The van der Waals surface area contributed by atoms with Crippen molar-refractivity contribution in [2.24, 2.45) is 0 Å². The highest BCUT2D eigenvalue weighted by molar-refractivity contribution is 7.80. The molecule has 0 unspecified atom stereocenters. The Morgan fingerprint density at radius 2 is 2.00 bits per heavy atom. The molecule has 1 heterocycles. The molecule has 2 rings (SSSR count). The Balaban J connectivity index is 2.16. The highest BCUT2D eigenvalue weighted by Gasteiger charge is 2.08. The van der Waals surface area contributed by atoms with Crippen LogP contribution in [-0.2, 0) is 0 Å². The fourth-order valence-electron chi connectivity index (χ4n) is 1.65. The van der Waals surface area contributed by atoms with E-state index in [9.17, 15) is 10.2 Å². The Kier molecular flexibility index (Phi) is 3.10. The average molecular weight is 235 g/mol. The fourth-order valence-corrected chi connectivity index (χ4v) is 1.83. The lowest BCUT2D eigenvalue weighted by Gasteiger charge is -2.17. The van der Waals surface area contributed by atoms with E-state index < -0.39 is 0 Å². The van der Waals surface area contributed by atoms with E-state index in [0.29, 0.717) is 0 Å². The summed E-state index contributed by atoms with van der Waals surface area (Å²) in [6.07, 6.45) is 3.84. The van der Waals surface area contributed by atoms with Gasteiger partial charge in [-0.1, -0.05) is 29.9 Å². The summed E-state index contributed by atoms with van der Waals surface area (Å²) in [7, 11) is 0. The van der Waals surface area contributed by atoms with Gasteiger partial charge in [-0.2, -0.15) is 0 Å². The number of hydrogen-bond acceptors (Lipinski definition) is 3. The minimum absolute atomic E-state index is 0.0892.